The largest absolute Gasteiger partial charge is 0.330 e. The normalized spacial score (nSPS) is 10.9. The highest BCUT2D eigenvalue weighted by Crippen LogP contribution is 2.25. The number of carbonyl (C=O) groups excluding carboxylic acids is 1. The molecule has 1 aromatic rings. The molecule has 8 heteroatoms. The average molecular weight is 278 g/mol. The smallest absolute Gasteiger partial charge is 0.291 e. The molecule has 0 saturated heterocycles. The molecule has 1 aromatic heterocycles. The van der Waals surface area contributed by atoms with E-state index in [2.05, 4.69) is 15.5 Å². The number of aromatic nitrogens is 2. The Labute approximate surface area is 108 Å². The summed E-state index contributed by atoms with van der Waals surface area (Å²) in [6.45, 7) is 0.660. The Kier molecular flexibility index (Phi) is 6.66. The maximum atomic E-state index is 12.2. The molecule has 5 nitrogen and oxygen atoms in total. The highest BCUT2D eigenvalue weighted by atomic mass is 32.1. The Hall–Kier alpha value is -1.15. The molecule has 0 spiro atoms. The van der Waals surface area contributed by atoms with Crippen molar-refractivity contribution >= 4 is 22.4 Å². The van der Waals surface area contributed by atoms with E-state index in [-0.39, 0.29) is 16.0 Å². The maximum Gasteiger partial charge on any atom is 0.291 e. The van der Waals surface area contributed by atoms with Crippen LogP contribution in [0.2, 0.25) is 0 Å². The van der Waals surface area contributed by atoms with Gasteiger partial charge < -0.3 is 11.1 Å². The SMILES string of the molecule is NCCCCCCC(=O)Nc1nnc(C(F)F)s1. The van der Waals surface area contributed by atoms with Gasteiger partial charge in [-0.2, -0.15) is 0 Å². The van der Waals surface area contributed by atoms with Gasteiger partial charge in [0.2, 0.25) is 11.0 Å². The first kappa shape index (κ1) is 14.9. The lowest BCUT2D eigenvalue weighted by Crippen LogP contribution is -2.10. The first-order valence-corrected chi connectivity index (χ1v) is 6.56. The summed E-state index contributed by atoms with van der Waals surface area (Å²) in [4.78, 5) is 11.4. The third-order valence-corrected chi connectivity index (χ3v) is 3.08. The van der Waals surface area contributed by atoms with E-state index in [1.165, 1.54) is 0 Å². The number of halogens is 2. The number of carbonyl (C=O) groups is 1. The van der Waals surface area contributed by atoms with E-state index in [0.717, 1.165) is 25.7 Å². The standard InChI is InChI=1S/C10H16F2N4OS/c11-8(12)9-15-16-10(18-9)14-7(17)5-3-1-2-4-6-13/h8H,1-6,13H2,(H,14,16,17). The highest BCUT2D eigenvalue weighted by molar-refractivity contribution is 7.15. The van der Waals surface area contributed by atoms with Crippen LogP contribution in [0, 0.1) is 0 Å². The molecule has 18 heavy (non-hydrogen) atoms. The molecule has 0 radical (unpaired) electrons. The molecule has 1 heterocycles. The predicted molar refractivity (Wildman–Crippen MR) is 65.6 cm³/mol. The number of nitrogens with one attached hydrogen (secondary N) is 1. The van der Waals surface area contributed by atoms with Gasteiger partial charge >= 0.3 is 0 Å². The first-order chi connectivity index (χ1) is 8.63. The van der Waals surface area contributed by atoms with Crippen LogP contribution in [-0.2, 0) is 4.79 Å². The van der Waals surface area contributed by atoms with Gasteiger partial charge in [0.1, 0.15) is 0 Å². The topological polar surface area (TPSA) is 80.9 Å². The molecule has 1 rings (SSSR count). The molecule has 0 aliphatic rings. The van der Waals surface area contributed by atoms with Crippen LogP contribution in [0.25, 0.3) is 0 Å². The summed E-state index contributed by atoms with van der Waals surface area (Å²) in [6.07, 6.45) is 1.35. The lowest BCUT2D eigenvalue weighted by Gasteiger charge is -2.00. The van der Waals surface area contributed by atoms with E-state index in [9.17, 15) is 13.6 Å². The minimum absolute atomic E-state index is 0.122. The summed E-state index contributed by atoms with van der Waals surface area (Å²) in [7, 11) is 0. The second-order valence-electron chi connectivity index (χ2n) is 3.75. The molecule has 0 aliphatic heterocycles. The summed E-state index contributed by atoms with van der Waals surface area (Å²) in [6, 6.07) is 0. The molecule has 1 amide bonds. The Morgan fingerprint density at radius 1 is 1.28 bits per heavy atom. The molecule has 0 saturated carbocycles. The number of alkyl halides is 2. The van der Waals surface area contributed by atoms with E-state index >= 15 is 0 Å². The highest BCUT2D eigenvalue weighted by Gasteiger charge is 2.14. The monoisotopic (exact) mass is 278 g/mol. The summed E-state index contributed by atoms with van der Waals surface area (Å²) in [5.74, 6) is -0.222. The van der Waals surface area contributed by atoms with Gasteiger partial charge in [-0.25, -0.2) is 8.78 Å². The fraction of sp³-hybridized carbons (Fsp3) is 0.700. The van der Waals surface area contributed by atoms with Crippen molar-refractivity contribution in [1.82, 2.24) is 10.2 Å². The molecule has 3 N–H and O–H groups in total. The van der Waals surface area contributed by atoms with E-state index in [0.29, 0.717) is 24.3 Å². The Morgan fingerprint density at radius 3 is 2.61 bits per heavy atom. The van der Waals surface area contributed by atoms with Gasteiger partial charge in [0.05, 0.1) is 0 Å². The van der Waals surface area contributed by atoms with Gasteiger partial charge in [-0.05, 0) is 19.4 Å². The molecule has 0 unspecified atom stereocenters. The predicted octanol–water partition coefficient (Wildman–Crippen LogP) is 2.32. The zero-order valence-electron chi connectivity index (χ0n) is 9.86. The van der Waals surface area contributed by atoms with Crippen molar-refractivity contribution in [2.75, 3.05) is 11.9 Å². The van der Waals surface area contributed by atoms with Crippen molar-refractivity contribution in [3.05, 3.63) is 5.01 Å². The van der Waals surface area contributed by atoms with Crippen LogP contribution in [0.4, 0.5) is 13.9 Å². The number of amides is 1. The summed E-state index contributed by atoms with van der Waals surface area (Å²) >= 11 is 0.696. The maximum absolute atomic E-state index is 12.2. The average Bonchev–Trinajstić information content (AvgIpc) is 2.77. The fourth-order valence-corrected chi connectivity index (χ4v) is 1.95. The van der Waals surface area contributed by atoms with Gasteiger partial charge in [0, 0.05) is 6.42 Å². The number of hydrogen-bond donors (Lipinski definition) is 2. The van der Waals surface area contributed by atoms with Crippen LogP contribution < -0.4 is 11.1 Å². The van der Waals surface area contributed by atoms with Crippen LogP contribution in [0.3, 0.4) is 0 Å². The second-order valence-corrected chi connectivity index (χ2v) is 4.76. The molecular weight excluding hydrogens is 262 g/mol. The van der Waals surface area contributed by atoms with Crippen molar-refractivity contribution in [1.29, 1.82) is 0 Å². The van der Waals surface area contributed by atoms with Crippen molar-refractivity contribution in [2.45, 2.75) is 38.5 Å². The number of unbranched alkanes of at least 4 members (excludes halogenated alkanes) is 3. The zero-order valence-corrected chi connectivity index (χ0v) is 10.7. The summed E-state index contributed by atoms with van der Waals surface area (Å²) in [5.41, 5.74) is 5.35. The molecule has 0 fully saturated rings. The zero-order chi connectivity index (χ0) is 13.4. The molecule has 0 aromatic carbocycles. The summed E-state index contributed by atoms with van der Waals surface area (Å²) in [5, 5.41) is 8.95. The Balaban J connectivity index is 2.22. The molecular formula is C10H16F2N4OS. The third-order valence-electron chi connectivity index (χ3n) is 2.23. The molecule has 102 valence electrons. The van der Waals surface area contributed by atoms with Crippen LogP contribution in [0.15, 0.2) is 0 Å². The number of rotatable bonds is 8. The van der Waals surface area contributed by atoms with Gasteiger partial charge in [-0.3, -0.25) is 4.79 Å². The van der Waals surface area contributed by atoms with Crippen molar-refractivity contribution in [2.24, 2.45) is 5.73 Å². The van der Waals surface area contributed by atoms with Crippen molar-refractivity contribution in [3.63, 3.8) is 0 Å². The fourth-order valence-electron chi connectivity index (χ4n) is 1.34. The van der Waals surface area contributed by atoms with Gasteiger partial charge in [0.25, 0.3) is 6.43 Å². The quantitative estimate of drug-likeness (QED) is 0.715. The number of nitrogens with zero attached hydrogens (tertiary/aromatic N) is 2. The number of anilines is 1. The van der Waals surface area contributed by atoms with Crippen molar-refractivity contribution in [3.8, 4) is 0 Å². The Morgan fingerprint density at radius 2 is 2.00 bits per heavy atom. The molecule has 0 aliphatic carbocycles. The van der Waals surface area contributed by atoms with Crippen LogP contribution >= 0.6 is 11.3 Å². The number of nitrogens with two attached hydrogens (primary N) is 1. The van der Waals surface area contributed by atoms with Crippen LogP contribution in [0.5, 0.6) is 0 Å². The second kappa shape index (κ2) is 8.04. The van der Waals surface area contributed by atoms with Gasteiger partial charge in [0.15, 0.2) is 5.01 Å². The Bertz CT molecular complexity index is 373. The van der Waals surface area contributed by atoms with Crippen LogP contribution in [-0.4, -0.2) is 22.6 Å². The molecule has 0 bridgehead atoms. The number of hydrogen-bond acceptors (Lipinski definition) is 5. The van der Waals surface area contributed by atoms with Gasteiger partial charge in [-0.1, -0.05) is 24.2 Å². The first-order valence-electron chi connectivity index (χ1n) is 5.75. The third kappa shape index (κ3) is 5.46. The minimum atomic E-state index is -2.65. The lowest BCUT2D eigenvalue weighted by molar-refractivity contribution is -0.116. The van der Waals surface area contributed by atoms with Gasteiger partial charge in [-0.15, -0.1) is 10.2 Å². The van der Waals surface area contributed by atoms with Crippen molar-refractivity contribution < 1.29 is 13.6 Å². The molecule has 0 atom stereocenters. The van der Waals surface area contributed by atoms with E-state index < -0.39 is 6.43 Å². The lowest BCUT2D eigenvalue weighted by atomic mass is 10.1. The van der Waals surface area contributed by atoms with E-state index in [1.807, 2.05) is 0 Å². The minimum Gasteiger partial charge on any atom is -0.330 e. The van der Waals surface area contributed by atoms with Crippen LogP contribution in [0.1, 0.15) is 43.5 Å². The van der Waals surface area contributed by atoms with E-state index in [4.69, 9.17) is 5.73 Å². The van der Waals surface area contributed by atoms with E-state index in [1.54, 1.807) is 0 Å². The summed E-state index contributed by atoms with van der Waals surface area (Å²) < 4.78 is 24.4.